The zero-order chi connectivity index (χ0) is 12.3. The first-order valence-corrected chi connectivity index (χ1v) is 5.24. The highest BCUT2D eigenvalue weighted by Crippen LogP contribution is 2.05. The summed E-state index contributed by atoms with van der Waals surface area (Å²) in [6, 6.07) is 0.224. The molecule has 0 amide bonds. The topological polar surface area (TPSA) is 70.6 Å². The van der Waals surface area contributed by atoms with Gasteiger partial charge in [0.1, 0.15) is 6.67 Å². The van der Waals surface area contributed by atoms with E-state index >= 15 is 0 Å². The molecule has 0 spiro atoms. The molecule has 0 bridgehead atoms. The summed E-state index contributed by atoms with van der Waals surface area (Å²) >= 11 is 0. The number of allylic oxidation sites excluding steroid dienone is 1. The van der Waals surface area contributed by atoms with E-state index in [0.29, 0.717) is 18.8 Å². The number of hydrogen-bond donors (Lipinski definition) is 1. The number of H-pyrrole nitrogens is 1. The van der Waals surface area contributed by atoms with Crippen molar-refractivity contribution in [1.82, 2.24) is 14.9 Å². The minimum Gasteiger partial charge on any atom is -0.468 e. The molecule has 0 atom stereocenters. The summed E-state index contributed by atoms with van der Waals surface area (Å²) in [7, 11) is 1.46. The van der Waals surface area contributed by atoms with Gasteiger partial charge in [0, 0.05) is 18.1 Å². The van der Waals surface area contributed by atoms with E-state index in [1.807, 2.05) is 24.1 Å². The molecule has 1 aliphatic heterocycles. The Kier molecular flexibility index (Phi) is 3.22. The Morgan fingerprint density at radius 2 is 2.41 bits per heavy atom. The van der Waals surface area contributed by atoms with E-state index < -0.39 is 0 Å². The van der Waals surface area contributed by atoms with Crippen molar-refractivity contribution in [2.75, 3.05) is 13.8 Å². The van der Waals surface area contributed by atoms with E-state index in [4.69, 9.17) is 4.74 Å². The first-order chi connectivity index (χ1) is 8.19. The molecule has 1 N–H and O–H groups in total. The van der Waals surface area contributed by atoms with Crippen LogP contribution in [0.3, 0.4) is 0 Å². The van der Waals surface area contributed by atoms with Crippen molar-refractivity contribution >= 4 is 5.71 Å². The zero-order valence-corrected chi connectivity index (χ0v) is 9.80. The highest BCUT2D eigenvalue weighted by molar-refractivity contribution is 5.93. The standard InChI is InChI=1S/C11H14N4O2/c1-8-3-4-15(7-13-8)6-9-5-12-11(17-2)14-10(9)16/h3-5H,6-7H2,1-2H3,(H,12,14,16). The molecule has 1 aromatic rings. The molecule has 1 aliphatic rings. The number of hydrogen-bond acceptors (Lipinski definition) is 5. The first kappa shape index (κ1) is 11.4. The van der Waals surface area contributed by atoms with E-state index in [2.05, 4.69) is 15.0 Å². The number of aromatic nitrogens is 2. The number of nitrogens with one attached hydrogen (secondary N) is 1. The van der Waals surface area contributed by atoms with Crippen LogP contribution >= 0.6 is 0 Å². The second-order valence-electron chi connectivity index (χ2n) is 3.75. The van der Waals surface area contributed by atoms with Gasteiger partial charge in [-0.15, -0.1) is 0 Å². The first-order valence-electron chi connectivity index (χ1n) is 5.24. The molecule has 0 aromatic carbocycles. The summed E-state index contributed by atoms with van der Waals surface area (Å²) in [5.41, 5.74) is 1.39. The molecule has 0 radical (unpaired) electrons. The van der Waals surface area contributed by atoms with Crippen molar-refractivity contribution in [3.05, 3.63) is 34.4 Å². The molecule has 0 fully saturated rings. The number of aliphatic imine (C=N–C) groups is 1. The van der Waals surface area contributed by atoms with Gasteiger partial charge in [0.25, 0.3) is 11.6 Å². The van der Waals surface area contributed by atoms with Gasteiger partial charge < -0.3 is 9.64 Å². The molecular formula is C11H14N4O2. The summed E-state index contributed by atoms with van der Waals surface area (Å²) in [4.78, 5) is 24.4. The average Bonchev–Trinajstić information content (AvgIpc) is 2.34. The highest BCUT2D eigenvalue weighted by atomic mass is 16.5. The van der Waals surface area contributed by atoms with Crippen molar-refractivity contribution in [3.8, 4) is 6.01 Å². The van der Waals surface area contributed by atoms with Crippen LogP contribution in [0, 0.1) is 0 Å². The minimum absolute atomic E-state index is 0.184. The van der Waals surface area contributed by atoms with Crippen molar-refractivity contribution in [2.45, 2.75) is 13.5 Å². The maximum absolute atomic E-state index is 11.7. The summed E-state index contributed by atoms with van der Waals surface area (Å²) in [6.45, 7) is 2.99. The molecule has 0 saturated carbocycles. The summed E-state index contributed by atoms with van der Waals surface area (Å²) in [5.74, 6) is 0. The maximum Gasteiger partial charge on any atom is 0.296 e. The molecular weight excluding hydrogens is 220 g/mol. The third-order valence-electron chi connectivity index (χ3n) is 2.44. The third kappa shape index (κ3) is 2.72. The highest BCUT2D eigenvalue weighted by Gasteiger charge is 2.08. The molecule has 0 aliphatic carbocycles. The van der Waals surface area contributed by atoms with Crippen LogP contribution in [0.5, 0.6) is 6.01 Å². The number of methoxy groups -OCH3 is 1. The van der Waals surface area contributed by atoms with Crippen molar-refractivity contribution in [2.24, 2.45) is 4.99 Å². The molecule has 0 saturated heterocycles. The number of aromatic amines is 1. The molecule has 1 aromatic heterocycles. The molecule has 17 heavy (non-hydrogen) atoms. The maximum atomic E-state index is 11.7. The Bertz CT molecular complexity index is 518. The van der Waals surface area contributed by atoms with Crippen LogP contribution in [0.2, 0.25) is 0 Å². The van der Waals surface area contributed by atoms with Gasteiger partial charge in [-0.2, -0.15) is 0 Å². The Hall–Kier alpha value is -2.11. The fraction of sp³-hybridized carbons (Fsp3) is 0.364. The van der Waals surface area contributed by atoms with E-state index in [9.17, 15) is 4.79 Å². The van der Waals surface area contributed by atoms with E-state index in [-0.39, 0.29) is 11.6 Å². The lowest BCUT2D eigenvalue weighted by molar-refractivity contribution is 0.364. The zero-order valence-electron chi connectivity index (χ0n) is 9.80. The average molecular weight is 234 g/mol. The van der Waals surface area contributed by atoms with Crippen molar-refractivity contribution < 1.29 is 4.74 Å². The van der Waals surface area contributed by atoms with Crippen molar-refractivity contribution in [3.63, 3.8) is 0 Å². The van der Waals surface area contributed by atoms with Crippen LogP contribution in [-0.2, 0) is 6.54 Å². The molecule has 2 heterocycles. The van der Waals surface area contributed by atoms with Crippen LogP contribution < -0.4 is 10.3 Å². The summed E-state index contributed by atoms with van der Waals surface area (Å²) in [6.07, 6.45) is 5.36. The van der Waals surface area contributed by atoms with Gasteiger partial charge >= 0.3 is 0 Å². The van der Waals surface area contributed by atoms with Gasteiger partial charge in [0.2, 0.25) is 0 Å². The largest absolute Gasteiger partial charge is 0.468 e. The number of rotatable bonds is 3. The van der Waals surface area contributed by atoms with E-state index in [1.54, 1.807) is 0 Å². The van der Waals surface area contributed by atoms with E-state index in [0.717, 1.165) is 5.71 Å². The Labute approximate surface area is 98.7 Å². The lowest BCUT2D eigenvalue weighted by Crippen LogP contribution is -2.25. The quantitative estimate of drug-likeness (QED) is 0.828. The Morgan fingerprint density at radius 1 is 1.59 bits per heavy atom. The van der Waals surface area contributed by atoms with Crippen LogP contribution in [0.15, 0.2) is 28.3 Å². The van der Waals surface area contributed by atoms with Gasteiger partial charge in [-0.1, -0.05) is 0 Å². The van der Waals surface area contributed by atoms with Gasteiger partial charge in [0.05, 0.1) is 19.2 Å². The molecule has 2 rings (SSSR count). The molecule has 90 valence electrons. The van der Waals surface area contributed by atoms with Gasteiger partial charge in [-0.3, -0.25) is 14.8 Å². The SMILES string of the molecule is COc1ncc(CN2C=CC(C)=NC2)c(=O)[nH]1. The second kappa shape index (κ2) is 4.82. The number of nitrogens with zero attached hydrogens (tertiary/aromatic N) is 3. The summed E-state index contributed by atoms with van der Waals surface area (Å²) in [5, 5.41) is 0. The monoisotopic (exact) mass is 234 g/mol. The van der Waals surface area contributed by atoms with E-state index in [1.165, 1.54) is 13.3 Å². The third-order valence-corrected chi connectivity index (χ3v) is 2.44. The fourth-order valence-corrected chi connectivity index (χ4v) is 1.46. The normalized spacial score (nSPS) is 14.7. The second-order valence-corrected chi connectivity index (χ2v) is 3.75. The van der Waals surface area contributed by atoms with Gasteiger partial charge in [0.15, 0.2) is 0 Å². The molecule has 0 unspecified atom stereocenters. The molecule has 6 nitrogen and oxygen atoms in total. The Morgan fingerprint density at radius 3 is 3.00 bits per heavy atom. The minimum atomic E-state index is -0.184. The Balaban J connectivity index is 2.10. The predicted octanol–water partition coefficient (Wildman–Crippen LogP) is 0.526. The van der Waals surface area contributed by atoms with Gasteiger partial charge in [-0.05, 0) is 13.0 Å². The van der Waals surface area contributed by atoms with Crippen LogP contribution in [-0.4, -0.2) is 34.4 Å². The lowest BCUT2D eigenvalue weighted by Gasteiger charge is -2.20. The van der Waals surface area contributed by atoms with Gasteiger partial charge in [-0.25, -0.2) is 4.98 Å². The van der Waals surface area contributed by atoms with Crippen LogP contribution in [0.25, 0.3) is 0 Å². The molecule has 6 heteroatoms. The van der Waals surface area contributed by atoms with Crippen molar-refractivity contribution in [1.29, 1.82) is 0 Å². The lowest BCUT2D eigenvalue weighted by atomic mass is 10.3. The van der Waals surface area contributed by atoms with Crippen LogP contribution in [0.4, 0.5) is 0 Å². The fourth-order valence-electron chi connectivity index (χ4n) is 1.46. The smallest absolute Gasteiger partial charge is 0.296 e. The summed E-state index contributed by atoms with van der Waals surface area (Å²) < 4.78 is 4.84. The van der Waals surface area contributed by atoms with Crippen LogP contribution in [0.1, 0.15) is 12.5 Å². The number of ether oxygens (including phenoxy) is 1. The predicted molar refractivity (Wildman–Crippen MR) is 64.1 cm³/mol.